The molecule has 0 saturated carbocycles. The Morgan fingerprint density at radius 3 is 2.60 bits per heavy atom. The fourth-order valence-electron chi connectivity index (χ4n) is 1.61. The molecule has 0 aliphatic carbocycles. The van der Waals surface area contributed by atoms with Crippen LogP contribution in [0.15, 0.2) is 0 Å². The molecule has 5 atom stereocenters. The lowest BCUT2D eigenvalue weighted by Gasteiger charge is -2.24. The Balaban J connectivity index is 2.68. The molecule has 1 saturated heterocycles. The van der Waals surface area contributed by atoms with Crippen LogP contribution >= 0.6 is 7.34 Å². The minimum absolute atomic E-state index is 0.318. The third-order valence-electron chi connectivity index (χ3n) is 2.25. The van der Waals surface area contributed by atoms with E-state index in [-0.39, 0.29) is 12.2 Å². The highest BCUT2D eigenvalue weighted by molar-refractivity contribution is 7.62. The highest BCUT2D eigenvalue weighted by Gasteiger charge is 2.43. The lowest BCUT2D eigenvalue weighted by atomic mass is 10.1. The van der Waals surface area contributed by atoms with Gasteiger partial charge >= 0.3 is 0 Å². The molecule has 0 bridgehead atoms. The maximum Gasteiger partial charge on any atom is 0.121 e. The predicted octanol–water partition coefficient (Wildman–Crippen LogP) is 0.0679. The number of ether oxygens (including phenoxy) is 2. The van der Waals surface area contributed by atoms with Gasteiger partial charge in [-0.2, -0.15) is 0 Å². The fraction of sp³-hybridized carbons (Fsp3) is 0.889. The van der Waals surface area contributed by atoms with Gasteiger partial charge in [-0.1, -0.05) is 6.30 Å². The molecule has 1 heterocycles. The molecule has 90 valence electrons. The zero-order chi connectivity index (χ0) is 11.6. The SMILES string of the molecule is C=P(C)(O)OC1[C@@H](COC)O[C@@H](C)[C@H]1O. The molecule has 0 aromatic rings. The van der Waals surface area contributed by atoms with E-state index < -0.39 is 19.5 Å². The van der Waals surface area contributed by atoms with E-state index in [9.17, 15) is 10.00 Å². The van der Waals surface area contributed by atoms with E-state index in [0.717, 1.165) is 0 Å². The van der Waals surface area contributed by atoms with Crippen LogP contribution in [0.4, 0.5) is 0 Å². The quantitative estimate of drug-likeness (QED) is 0.678. The van der Waals surface area contributed by atoms with Gasteiger partial charge in [0.1, 0.15) is 25.7 Å². The topological polar surface area (TPSA) is 68.2 Å². The molecule has 6 heteroatoms. The standard InChI is InChI=1S/C9H19O5P/c1-6-8(10)9(14-15(3,4)11)7(13-6)5-12-2/h6-11H,3,5H2,1-2,4H3/t6-,7+,8+,9?,15?/m0/s1. The summed E-state index contributed by atoms with van der Waals surface area (Å²) < 4.78 is 15.8. The Bertz CT molecular complexity index is 251. The van der Waals surface area contributed by atoms with Crippen LogP contribution in [0.1, 0.15) is 6.92 Å². The summed E-state index contributed by atoms with van der Waals surface area (Å²) >= 11 is 0. The van der Waals surface area contributed by atoms with Crippen LogP contribution in [0.25, 0.3) is 0 Å². The predicted molar refractivity (Wildman–Crippen MR) is 59.3 cm³/mol. The molecule has 0 radical (unpaired) electrons. The van der Waals surface area contributed by atoms with E-state index in [4.69, 9.17) is 14.0 Å². The first kappa shape index (κ1) is 13.2. The monoisotopic (exact) mass is 238 g/mol. The summed E-state index contributed by atoms with van der Waals surface area (Å²) in [5.41, 5.74) is 0. The lowest BCUT2D eigenvalue weighted by molar-refractivity contribution is -0.0230. The summed E-state index contributed by atoms with van der Waals surface area (Å²) in [5, 5.41) is 9.79. The molecule has 1 rings (SSSR count). The summed E-state index contributed by atoms with van der Waals surface area (Å²) in [6.07, 6.45) is 1.53. The molecule has 0 aromatic heterocycles. The Kier molecular flexibility index (Phi) is 4.35. The molecule has 0 aromatic carbocycles. The highest BCUT2D eigenvalue weighted by atomic mass is 31.2. The van der Waals surface area contributed by atoms with Crippen LogP contribution in [0, 0.1) is 0 Å². The number of rotatable bonds is 4. The van der Waals surface area contributed by atoms with Gasteiger partial charge in [-0.05, 0) is 6.92 Å². The van der Waals surface area contributed by atoms with Crippen molar-refractivity contribution in [3.8, 4) is 0 Å². The first-order chi connectivity index (χ1) is 6.85. The average Bonchev–Trinajstić information content (AvgIpc) is 2.32. The summed E-state index contributed by atoms with van der Waals surface area (Å²) in [5.74, 6) is 0. The number of hydrogen-bond acceptors (Lipinski definition) is 5. The van der Waals surface area contributed by atoms with Crippen LogP contribution in [0.5, 0.6) is 0 Å². The van der Waals surface area contributed by atoms with Crippen molar-refractivity contribution >= 4 is 13.6 Å². The van der Waals surface area contributed by atoms with Gasteiger partial charge in [0.2, 0.25) is 0 Å². The van der Waals surface area contributed by atoms with Gasteiger partial charge in [0.15, 0.2) is 0 Å². The van der Waals surface area contributed by atoms with Gasteiger partial charge in [0, 0.05) is 13.8 Å². The second-order valence-corrected chi connectivity index (χ2v) is 6.26. The van der Waals surface area contributed by atoms with Crippen molar-refractivity contribution in [2.24, 2.45) is 0 Å². The van der Waals surface area contributed by atoms with Gasteiger partial charge in [-0.3, -0.25) is 0 Å². The van der Waals surface area contributed by atoms with Crippen molar-refractivity contribution in [2.45, 2.75) is 31.3 Å². The van der Waals surface area contributed by atoms with Crippen LogP contribution in [0.3, 0.4) is 0 Å². The molecule has 1 aliphatic heterocycles. The number of aliphatic hydroxyl groups excluding tert-OH is 1. The first-order valence-electron chi connectivity index (χ1n) is 4.79. The van der Waals surface area contributed by atoms with E-state index in [0.29, 0.717) is 6.61 Å². The summed E-state index contributed by atoms with van der Waals surface area (Å²) in [6, 6.07) is 0. The summed E-state index contributed by atoms with van der Waals surface area (Å²) in [4.78, 5) is 9.54. The van der Waals surface area contributed by atoms with Gasteiger partial charge in [-0.25, -0.2) is 0 Å². The molecule has 1 fully saturated rings. The smallest absolute Gasteiger partial charge is 0.121 e. The van der Waals surface area contributed by atoms with Crippen LogP contribution in [-0.4, -0.2) is 61.1 Å². The molecule has 0 spiro atoms. The number of hydrogen-bond donors (Lipinski definition) is 2. The third-order valence-corrected chi connectivity index (χ3v) is 2.95. The van der Waals surface area contributed by atoms with Gasteiger partial charge in [0.25, 0.3) is 0 Å². The second kappa shape index (κ2) is 4.95. The van der Waals surface area contributed by atoms with Gasteiger partial charge in [0.05, 0.1) is 12.7 Å². The van der Waals surface area contributed by atoms with Crippen LogP contribution in [0.2, 0.25) is 0 Å². The van der Waals surface area contributed by atoms with E-state index in [1.807, 2.05) is 0 Å². The number of methoxy groups -OCH3 is 1. The summed E-state index contributed by atoms with van der Waals surface area (Å²) in [7, 11) is -1.09. The van der Waals surface area contributed by atoms with E-state index >= 15 is 0 Å². The number of aliphatic hydroxyl groups is 1. The Morgan fingerprint density at radius 2 is 2.13 bits per heavy atom. The van der Waals surface area contributed by atoms with Crippen molar-refractivity contribution in [3.63, 3.8) is 0 Å². The van der Waals surface area contributed by atoms with E-state index in [1.165, 1.54) is 6.66 Å². The molecule has 2 unspecified atom stereocenters. The van der Waals surface area contributed by atoms with Crippen molar-refractivity contribution in [1.29, 1.82) is 0 Å². The highest BCUT2D eigenvalue weighted by Crippen LogP contribution is 2.41. The fourth-order valence-corrected chi connectivity index (χ4v) is 2.40. The Labute approximate surface area is 90.1 Å². The van der Waals surface area contributed by atoms with Gasteiger partial charge < -0.3 is 24.0 Å². The summed E-state index contributed by atoms with van der Waals surface area (Å²) in [6.45, 7) is 3.60. The zero-order valence-electron chi connectivity index (χ0n) is 9.29. The molecule has 5 nitrogen and oxygen atoms in total. The molecule has 2 N–H and O–H groups in total. The lowest BCUT2D eigenvalue weighted by Crippen LogP contribution is -2.35. The first-order valence-corrected chi connectivity index (χ1v) is 7.09. The van der Waals surface area contributed by atoms with E-state index in [2.05, 4.69) is 6.30 Å². The molecule has 0 amide bonds. The molecular weight excluding hydrogens is 219 g/mol. The minimum atomic E-state index is -2.64. The second-order valence-electron chi connectivity index (χ2n) is 3.95. The van der Waals surface area contributed by atoms with Crippen LogP contribution < -0.4 is 0 Å². The van der Waals surface area contributed by atoms with Crippen molar-refractivity contribution in [1.82, 2.24) is 0 Å². The minimum Gasteiger partial charge on any atom is -0.388 e. The van der Waals surface area contributed by atoms with Gasteiger partial charge in [-0.15, -0.1) is 0 Å². The molecular formula is C9H19O5P. The average molecular weight is 238 g/mol. The van der Waals surface area contributed by atoms with E-state index in [1.54, 1.807) is 14.0 Å². The van der Waals surface area contributed by atoms with Crippen molar-refractivity contribution < 1.29 is 24.0 Å². The maximum atomic E-state index is 9.79. The van der Waals surface area contributed by atoms with Crippen molar-refractivity contribution in [3.05, 3.63) is 0 Å². The molecule has 15 heavy (non-hydrogen) atoms. The third kappa shape index (κ3) is 3.55. The largest absolute Gasteiger partial charge is 0.388 e. The Hall–Kier alpha value is 0.100. The Morgan fingerprint density at radius 1 is 1.53 bits per heavy atom. The normalized spacial score (nSPS) is 40.3. The zero-order valence-corrected chi connectivity index (χ0v) is 10.2. The van der Waals surface area contributed by atoms with Crippen molar-refractivity contribution in [2.75, 3.05) is 20.4 Å². The molecule has 1 aliphatic rings. The van der Waals surface area contributed by atoms with Crippen LogP contribution in [-0.2, 0) is 14.0 Å². The maximum absolute atomic E-state index is 9.79.